The Labute approximate surface area is 121 Å². The molecule has 20 heavy (non-hydrogen) atoms. The van der Waals surface area contributed by atoms with E-state index in [1.807, 2.05) is 6.92 Å². The van der Waals surface area contributed by atoms with Crippen LogP contribution in [0.1, 0.15) is 32.2 Å². The van der Waals surface area contributed by atoms with Gasteiger partial charge in [0.15, 0.2) is 0 Å². The van der Waals surface area contributed by atoms with Gasteiger partial charge in [-0.05, 0) is 20.8 Å². The van der Waals surface area contributed by atoms with Gasteiger partial charge in [0.05, 0.1) is 0 Å². The van der Waals surface area contributed by atoms with Crippen LogP contribution in [-0.2, 0) is 6.42 Å². The Kier molecular flexibility index (Phi) is 4.77. The Hall–Kier alpha value is -1.40. The minimum Gasteiger partial charge on any atom is -0.354 e. The van der Waals surface area contributed by atoms with Crippen molar-refractivity contribution < 1.29 is 0 Å². The zero-order valence-electron chi connectivity index (χ0n) is 13.0. The first-order valence-corrected chi connectivity index (χ1v) is 7.40. The number of nitrogens with zero attached hydrogens (tertiary/aromatic N) is 4. The molecule has 0 atom stereocenters. The van der Waals surface area contributed by atoms with Gasteiger partial charge in [-0.25, -0.2) is 15.8 Å². The van der Waals surface area contributed by atoms with Crippen molar-refractivity contribution in [3.8, 4) is 0 Å². The van der Waals surface area contributed by atoms with Crippen LogP contribution in [0.2, 0.25) is 0 Å². The molecule has 0 radical (unpaired) electrons. The minimum absolute atomic E-state index is 0.608. The van der Waals surface area contributed by atoms with Crippen molar-refractivity contribution in [2.75, 3.05) is 36.5 Å². The van der Waals surface area contributed by atoms with Crippen LogP contribution >= 0.6 is 0 Å². The Morgan fingerprint density at radius 2 is 1.85 bits per heavy atom. The predicted octanol–water partition coefficient (Wildman–Crippen LogP) is 1.16. The number of nitrogens with two attached hydrogens (primary N) is 1. The van der Waals surface area contributed by atoms with Gasteiger partial charge in [0.2, 0.25) is 0 Å². The van der Waals surface area contributed by atoms with E-state index in [2.05, 4.69) is 41.0 Å². The average molecular weight is 278 g/mol. The highest BCUT2D eigenvalue weighted by Gasteiger charge is 2.22. The van der Waals surface area contributed by atoms with Gasteiger partial charge >= 0.3 is 0 Å². The lowest BCUT2D eigenvalue weighted by Gasteiger charge is -2.38. The van der Waals surface area contributed by atoms with E-state index in [-0.39, 0.29) is 0 Å². The second-order valence-electron chi connectivity index (χ2n) is 5.55. The summed E-state index contributed by atoms with van der Waals surface area (Å²) in [4.78, 5) is 14.0. The SMILES string of the molecule is CCc1nc(NN)c(C)c(N2CCN(C(C)C)CC2)n1. The smallest absolute Gasteiger partial charge is 0.148 e. The van der Waals surface area contributed by atoms with E-state index >= 15 is 0 Å². The molecule has 1 aromatic rings. The van der Waals surface area contributed by atoms with Crippen molar-refractivity contribution >= 4 is 11.6 Å². The van der Waals surface area contributed by atoms with E-state index in [4.69, 9.17) is 10.8 Å². The predicted molar refractivity (Wildman–Crippen MR) is 82.9 cm³/mol. The molecule has 1 fully saturated rings. The van der Waals surface area contributed by atoms with Gasteiger partial charge in [-0.2, -0.15) is 0 Å². The summed E-state index contributed by atoms with van der Waals surface area (Å²) >= 11 is 0. The number of anilines is 2. The summed E-state index contributed by atoms with van der Waals surface area (Å²) in [7, 11) is 0. The monoisotopic (exact) mass is 278 g/mol. The highest BCUT2D eigenvalue weighted by Crippen LogP contribution is 2.24. The standard InChI is InChI=1S/C14H26N6/c1-5-12-16-13(18-15)11(4)14(17-12)20-8-6-19(7-9-20)10(2)3/h10H,5-9,15H2,1-4H3,(H,16,17,18). The molecule has 1 saturated heterocycles. The van der Waals surface area contributed by atoms with Crippen molar-refractivity contribution in [2.45, 2.75) is 40.2 Å². The molecular weight excluding hydrogens is 252 g/mol. The molecule has 0 unspecified atom stereocenters. The van der Waals surface area contributed by atoms with E-state index in [1.165, 1.54) is 0 Å². The van der Waals surface area contributed by atoms with Crippen molar-refractivity contribution in [1.29, 1.82) is 0 Å². The maximum Gasteiger partial charge on any atom is 0.148 e. The fourth-order valence-electron chi connectivity index (χ4n) is 2.61. The first kappa shape index (κ1) is 15.0. The molecule has 0 aliphatic carbocycles. The molecule has 0 amide bonds. The molecule has 2 heterocycles. The van der Waals surface area contributed by atoms with Crippen molar-refractivity contribution in [3.05, 3.63) is 11.4 Å². The van der Waals surface area contributed by atoms with Gasteiger partial charge < -0.3 is 10.3 Å². The number of aromatic nitrogens is 2. The van der Waals surface area contributed by atoms with Gasteiger partial charge in [0, 0.05) is 44.2 Å². The van der Waals surface area contributed by atoms with Crippen LogP contribution in [0, 0.1) is 6.92 Å². The summed E-state index contributed by atoms with van der Waals surface area (Å²) in [6.07, 6.45) is 0.813. The highest BCUT2D eigenvalue weighted by molar-refractivity contribution is 5.58. The number of aryl methyl sites for hydroxylation is 1. The number of hydrogen-bond donors (Lipinski definition) is 2. The lowest BCUT2D eigenvalue weighted by molar-refractivity contribution is 0.209. The molecule has 1 aliphatic rings. The Morgan fingerprint density at radius 3 is 2.35 bits per heavy atom. The fourth-order valence-corrected chi connectivity index (χ4v) is 2.61. The molecule has 0 bridgehead atoms. The number of nitrogen functional groups attached to an aromatic ring is 1. The summed E-state index contributed by atoms with van der Waals surface area (Å²) in [6.45, 7) is 12.7. The van der Waals surface area contributed by atoms with Gasteiger partial charge in [0.25, 0.3) is 0 Å². The number of rotatable bonds is 4. The van der Waals surface area contributed by atoms with Gasteiger partial charge in [-0.3, -0.25) is 4.90 Å². The zero-order chi connectivity index (χ0) is 14.7. The number of nitrogens with one attached hydrogen (secondary N) is 1. The third-order valence-electron chi connectivity index (χ3n) is 3.96. The molecular formula is C14H26N6. The van der Waals surface area contributed by atoms with Crippen molar-refractivity contribution in [2.24, 2.45) is 5.84 Å². The van der Waals surface area contributed by atoms with Gasteiger partial charge in [-0.1, -0.05) is 6.92 Å². The summed E-state index contributed by atoms with van der Waals surface area (Å²) in [5.74, 6) is 8.16. The summed E-state index contributed by atoms with van der Waals surface area (Å²) in [5, 5.41) is 0. The van der Waals surface area contributed by atoms with Crippen LogP contribution in [0.4, 0.5) is 11.6 Å². The van der Waals surface area contributed by atoms with Crippen LogP contribution in [-0.4, -0.2) is 47.1 Å². The first-order valence-electron chi connectivity index (χ1n) is 7.40. The van der Waals surface area contributed by atoms with Gasteiger partial charge in [0.1, 0.15) is 17.5 Å². The maximum atomic E-state index is 5.57. The molecule has 1 aliphatic heterocycles. The molecule has 112 valence electrons. The third kappa shape index (κ3) is 3.02. The summed E-state index contributed by atoms with van der Waals surface area (Å²) in [6, 6.07) is 0.608. The average Bonchev–Trinajstić information content (AvgIpc) is 2.47. The van der Waals surface area contributed by atoms with Crippen LogP contribution < -0.4 is 16.2 Å². The molecule has 1 aromatic heterocycles. The highest BCUT2D eigenvalue weighted by atomic mass is 15.3. The molecule has 6 heteroatoms. The molecule has 0 spiro atoms. The summed E-state index contributed by atoms with van der Waals surface area (Å²) in [5.41, 5.74) is 3.72. The lowest BCUT2D eigenvalue weighted by Crippen LogP contribution is -2.49. The second-order valence-corrected chi connectivity index (χ2v) is 5.55. The summed E-state index contributed by atoms with van der Waals surface area (Å²) < 4.78 is 0. The zero-order valence-corrected chi connectivity index (χ0v) is 13.0. The van der Waals surface area contributed by atoms with Crippen LogP contribution in [0.5, 0.6) is 0 Å². The lowest BCUT2D eigenvalue weighted by atomic mass is 10.2. The van der Waals surface area contributed by atoms with Crippen molar-refractivity contribution in [1.82, 2.24) is 14.9 Å². The van der Waals surface area contributed by atoms with Gasteiger partial charge in [-0.15, -0.1) is 0 Å². The van der Waals surface area contributed by atoms with Crippen LogP contribution in [0.15, 0.2) is 0 Å². The molecule has 6 nitrogen and oxygen atoms in total. The molecule has 0 aromatic carbocycles. The molecule has 3 N–H and O–H groups in total. The number of hydrazine groups is 1. The topological polar surface area (TPSA) is 70.3 Å². The van der Waals surface area contributed by atoms with E-state index in [0.29, 0.717) is 6.04 Å². The van der Waals surface area contributed by atoms with Crippen LogP contribution in [0.25, 0.3) is 0 Å². The molecule has 2 rings (SSSR count). The Balaban J connectivity index is 2.21. The van der Waals surface area contributed by atoms with Crippen molar-refractivity contribution in [3.63, 3.8) is 0 Å². The number of piperazine rings is 1. The first-order chi connectivity index (χ1) is 9.56. The van der Waals surface area contributed by atoms with E-state index < -0.39 is 0 Å². The Bertz CT molecular complexity index is 451. The fraction of sp³-hybridized carbons (Fsp3) is 0.714. The van der Waals surface area contributed by atoms with Crippen LogP contribution in [0.3, 0.4) is 0 Å². The minimum atomic E-state index is 0.608. The maximum absolute atomic E-state index is 5.57. The largest absolute Gasteiger partial charge is 0.354 e. The quantitative estimate of drug-likeness (QED) is 0.636. The Morgan fingerprint density at radius 1 is 1.20 bits per heavy atom. The number of hydrogen-bond acceptors (Lipinski definition) is 6. The van der Waals surface area contributed by atoms with E-state index in [1.54, 1.807) is 0 Å². The second kappa shape index (κ2) is 6.37. The van der Waals surface area contributed by atoms with E-state index in [9.17, 15) is 0 Å². The van der Waals surface area contributed by atoms with E-state index in [0.717, 1.165) is 55.6 Å². The molecule has 0 saturated carbocycles. The normalized spacial score (nSPS) is 16.8. The third-order valence-corrected chi connectivity index (χ3v) is 3.96.